The summed E-state index contributed by atoms with van der Waals surface area (Å²) in [6.07, 6.45) is 4.24. The maximum absolute atomic E-state index is 13.4. The molecule has 6 heteroatoms. The van der Waals surface area contributed by atoms with Crippen LogP contribution in [-0.4, -0.2) is 15.0 Å². The van der Waals surface area contributed by atoms with Crippen molar-refractivity contribution in [1.82, 2.24) is 4.72 Å². The fourth-order valence-corrected chi connectivity index (χ4v) is 5.44. The van der Waals surface area contributed by atoms with E-state index < -0.39 is 15.8 Å². The van der Waals surface area contributed by atoms with Crippen LogP contribution >= 0.6 is 11.3 Å². The van der Waals surface area contributed by atoms with E-state index in [4.69, 9.17) is 0 Å². The summed E-state index contributed by atoms with van der Waals surface area (Å²) in [4.78, 5) is 1.36. The van der Waals surface area contributed by atoms with Gasteiger partial charge in [0.05, 0.1) is 4.90 Å². The summed E-state index contributed by atoms with van der Waals surface area (Å²) in [5, 5.41) is 2.03. The first-order chi connectivity index (χ1) is 10.9. The Labute approximate surface area is 140 Å². The smallest absolute Gasteiger partial charge is 0.210 e. The Morgan fingerprint density at radius 1 is 1.26 bits per heavy atom. The topological polar surface area (TPSA) is 46.2 Å². The molecule has 1 aliphatic carbocycles. The second-order valence-corrected chi connectivity index (χ2v) is 8.91. The molecule has 1 saturated carbocycles. The molecular weight excluding hydrogens is 333 g/mol. The number of hydrogen-bond acceptors (Lipinski definition) is 3. The van der Waals surface area contributed by atoms with Crippen molar-refractivity contribution in [3.05, 3.63) is 52.0 Å². The van der Waals surface area contributed by atoms with E-state index >= 15 is 0 Å². The predicted molar refractivity (Wildman–Crippen MR) is 90.8 cm³/mol. The third kappa shape index (κ3) is 3.34. The highest BCUT2D eigenvalue weighted by atomic mass is 32.2. The summed E-state index contributed by atoms with van der Waals surface area (Å²) in [7, 11) is -3.63. The third-order valence-corrected chi connectivity index (χ3v) is 7.16. The lowest BCUT2D eigenvalue weighted by Gasteiger charge is -2.28. The number of hydrogen-bond donors (Lipinski definition) is 1. The largest absolute Gasteiger partial charge is 0.240 e. The summed E-state index contributed by atoms with van der Waals surface area (Å²) in [6, 6.07) is 8.00. The van der Waals surface area contributed by atoms with Gasteiger partial charge < -0.3 is 0 Å². The molecule has 0 unspecified atom stereocenters. The van der Waals surface area contributed by atoms with Gasteiger partial charge in [0.15, 0.2) is 0 Å². The predicted octanol–water partition coefficient (Wildman–Crippen LogP) is 3.99. The van der Waals surface area contributed by atoms with E-state index in [9.17, 15) is 12.8 Å². The summed E-state index contributed by atoms with van der Waals surface area (Å²) in [5.74, 6) is -0.394. The van der Waals surface area contributed by atoms with Gasteiger partial charge in [-0.1, -0.05) is 18.9 Å². The maximum Gasteiger partial charge on any atom is 0.240 e. The van der Waals surface area contributed by atoms with Gasteiger partial charge in [0.25, 0.3) is 0 Å². The minimum absolute atomic E-state index is 0.101. The Hall–Kier alpha value is -1.24. The summed E-state index contributed by atoms with van der Waals surface area (Å²) >= 11 is 1.69. The average Bonchev–Trinajstić information content (AvgIpc) is 3.19. The Morgan fingerprint density at radius 3 is 2.61 bits per heavy atom. The molecule has 3 rings (SSSR count). The minimum atomic E-state index is -3.63. The molecule has 1 heterocycles. The van der Waals surface area contributed by atoms with Gasteiger partial charge in [-0.05, 0) is 55.0 Å². The van der Waals surface area contributed by atoms with Crippen LogP contribution in [0.25, 0.3) is 0 Å². The molecule has 1 aromatic carbocycles. The van der Waals surface area contributed by atoms with Gasteiger partial charge in [0.1, 0.15) is 5.82 Å². The summed E-state index contributed by atoms with van der Waals surface area (Å²) < 4.78 is 41.2. The fourth-order valence-electron chi connectivity index (χ4n) is 3.24. The molecule has 1 fully saturated rings. The molecule has 3 nitrogen and oxygen atoms in total. The molecule has 23 heavy (non-hydrogen) atoms. The highest BCUT2D eigenvalue weighted by Crippen LogP contribution is 2.42. The van der Waals surface area contributed by atoms with E-state index in [1.807, 2.05) is 11.4 Å². The summed E-state index contributed by atoms with van der Waals surface area (Å²) in [6.45, 7) is 1.96. The van der Waals surface area contributed by atoms with Gasteiger partial charge in [-0.25, -0.2) is 17.5 Å². The lowest BCUT2D eigenvalue weighted by atomic mass is 9.85. The Kier molecular flexibility index (Phi) is 4.58. The molecule has 1 aliphatic rings. The molecule has 0 radical (unpaired) electrons. The SMILES string of the molecule is Cc1cc(S(=O)(=O)NCC2(c3cccs3)CCCC2)ccc1F. The van der Waals surface area contributed by atoms with Gasteiger partial charge in [-0.15, -0.1) is 11.3 Å². The number of sulfonamides is 1. The van der Waals surface area contributed by atoms with Crippen molar-refractivity contribution in [3.8, 4) is 0 Å². The van der Waals surface area contributed by atoms with Crippen molar-refractivity contribution >= 4 is 21.4 Å². The molecule has 1 aromatic heterocycles. The zero-order valence-electron chi connectivity index (χ0n) is 13.0. The number of thiophene rings is 1. The third-order valence-electron chi connectivity index (χ3n) is 4.64. The first-order valence-corrected chi connectivity index (χ1v) is 10.1. The van der Waals surface area contributed by atoms with Gasteiger partial charge in [0.2, 0.25) is 10.0 Å². The van der Waals surface area contributed by atoms with Crippen LogP contribution in [0.2, 0.25) is 0 Å². The van der Waals surface area contributed by atoms with Crippen molar-refractivity contribution in [2.75, 3.05) is 6.54 Å². The normalized spacial score (nSPS) is 17.5. The fraction of sp³-hybridized carbons (Fsp3) is 0.412. The van der Waals surface area contributed by atoms with Crippen molar-refractivity contribution in [1.29, 1.82) is 0 Å². The number of halogens is 1. The maximum atomic E-state index is 13.4. The lowest BCUT2D eigenvalue weighted by Crippen LogP contribution is -2.38. The molecule has 0 spiro atoms. The monoisotopic (exact) mass is 353 g/mol. The number of aryl methyl sites for hydroxylation is 1. The molecule has 0 aliphatic heterocycles. The highest BCUT2D eigenvalue weighted by Gasteiger charge is 2.37. The number of nitrogens with one attached hydrogen (secondary N) is 1. The molecule has 0 saturated heterocycles. The van der Waals surface area contributed by atoms with E-state index in [2.05, 4.69) is 10.8 Å². The first-order valence-electron chi connectivity index (χ1n) is 7.73. The van der Waals surface area contributed by atoms with Crippen LogP contribution in [0.1, 0.15) is 36.1 Å². The first kappa shape index (κ1) is 16.6. The van der Waals surface area contributed by atoms with Crippen LogP contribution in [0.5, 0.6) is 0 Å². The highest BCUT2D eigenvalue weighted by molar-refractivity contribution is 7.89. The van der Waals surface area contributed by atoms with E-state index in [0.717, 1.165) is 25.7 Å². The van der Waals surface area contributed by atoms with Crippen LogP contribution in [0.4, 0.5) is 4.39 Å². The Morgan fingerprint density at radius 2 is 2.00 bits per heavy atom. The zero-order valence-corrected chi connectivity index (χ0v) is 14.6. The van der Waals surface area contributed by atoms with E-state index in [-0.39, 0.29) is 10.3 Å². The molecule has 2 aromatic rings. The van der Waals surface area contributed by atoms with Gasteiger partial charge in [-0.2, -0.15) is 0 Å². The average molecular weight is 353 g/mol. The van der Waals surface area contributed by atoms with Crippen LogP contribution in [0.3, 0.4) is 0 Å². The van der Waals surface area contributed by atoms with Gasteiger partial charge in [-0.3, -0.25) is 0 Å². The number of rotatable bonds is 5. The van der Waals surface area contributed by atoms with Crippen LogP contribution < -0.4 is 4.72 Å². The van der Waals surface area contributed by atoms with Gasteiger partial charge in [0, 0.05) is 16.8 Å². The molecule has 0 amide bonds. The van der Waals surface area contributed by atoms with Gasteiger partial charge >= 0.3 is 0 Å². The van der Waals surface area contributed by atoms with Crippen LogP contribution in [0.15, 0.2) is 40.6 Å². The molecule has 1 N–H and O–H groups in total. The van der Waals surface area contributed by atoms with Crippen molar-refractivity contribution in [2.45, 2.75) is 42.9 Å². The molecule has 0 bridgehead atoms. The second kappa shape index (κ2) is 6.34. The minimum Gasteiger partial charge on any atom is -0.210 e. The zero-order chi connectivity index (χ0) is 16.5. The lowest BCUT2D eigenvalue weighted by molar-refractivity contribution is 0.440. The van der Waals surface area contributed by atoms with Crippen LogP contribution in [0, 0.1) is 12.7 Å². The second-order valence-electron chi connectivity index (χ2n) is 6.20. The quantitative estimate of drug-likeness (QED) is 0.883. The van der Waals surface area contributed by atoms with E-state index in [1.54, 1.807) is 18.3 Å². The summed E-state index contributed by atoms with van der Waals surface area (Å²) in [5.41, 5.74) is 0.234. The van der Waals surface area contributed by atoms with Crippen LogP contribution in [-0.2, 0) is 15.4 Å². The van der Waals surface area contributed by atoms with E-state index in [1.165, 1.54) is 23.1 Å². The number of benzene rings is 1. The molecule has 124 valence electrons. The Bertz CT molecular complexity index is 779. The van der Waals surface area contributed by atoms with E-state index in [0.29, 0.717) is 12.1 Å². The standard InChI is InChI=1S/C17H20FNO2S2/c1-13-11-14(6-7-15(13)18)23(20,21)19-12-17(8-2-3-9-17)16-5-4-10-22-16/h4-7,10-11,19H,2-3,8-9,12H2,1H3. The molecule has 0 atom stereocenters. The van der Waals surface area contributed by atoms with Crippen molar-refractivity contribution in [3.63, 3.8) is 0 Å². The van der Waals surface area contributed by atoms with Crippen molar-refractivity contribution in [2.24, 2.45) is 0 Å². The van der Waals surface area contributed by atoms with Crippen molar-refractivity contribution < 1.29 is 12.8 Å². The Balaban J connectivity index is 1.81. The molecular formula is C17H20FNO2S2.